The summed E-state index contributed by atoms with van der Waals surface area (Å²) in [6.45, 7) is -0.631. The second kappa shape index (κ2) is 8.20. The molecule has 0 aliphatic heterocycles. The van der Waals surface area contributed by atoms with E-state index in [1.165, 1.54) is 30.3 Å². The Morgan fingerprint density at radius 1 is 1.24 bits per heavy atom. The molecule has 0 bridgehead atoms. The van der Waals surface area contributed by atoms with Crippen molar-refractivity contribution in [3.63, 3.8) is 0 Å². The molecule has 25 heavy (non-hydrogen) atoms. The average molecular weight is 367 g/mol. The maximum Gasteiger partial charge on any atom is 0.310 e. The van der Waals surface area contributed by atoms with Crippen LogP contribution in [0.3, 0.4) is 0 Å². The molecule has 9 heteroatoms. The number of esters is 1. The van der Waals surface area contributed by atoms with Crippen LogP contribution in [0.2, 0.25) is 5.02 Å². The van der Waals surface area contributed by atoms with E-state index in [2.05, 4.69) is 5.32 Å². The second-order valence-electron chi connectivity index (χ2n) is 4.93. The zero-order valence-electron chi connectivity index (χ0n) is 12.7. The number of nitrogens with zero attached hydrogens (tertiary/aromatic N) is 1. The molecule has 2 aromatic rings. The number of carbonyl (C=O) groups excluding carboxylic acids is 2. The fraction of sp³-hybridized carbons (Fsp3) is 0.125. The van der Waals surface area contributed by atoms with Crippen molar-refractivity contribution >= 4 is 34.9 Å². The third-order valence-electron chi connectivity index (χ3n) is 3.03. The minimum atomic E-state index is -0.752. The van der Waals surface area contributed by atoms with Gasteiger partial charge in [-0.05, 0) is 29.8 Å². The largest absolute Gasteiger partial charge is 0.455 e. The van der Waals surface area contributed by atoms with Crippen molar-refractivity contribution in [3.05, 3.63) is 69.0 Å². The third-order valence-corrected chi connectivity index (χ3v) is 3.27. The van der Waals surface area contributed by atoms with Crippen LogP contribution in [0.15, 0.2) is 42.5 Å². The van der Waals surface area contributed by atoms with E-state index in [-0.39, 0.29) is 22.8 Å². The molecule has 0 spiro atoms. The van der Waals surface area contributed by atoms with Gasteiger partial charge in [0.2, 0.25) is 0 Å². The molecule has 0 unspecified atom stereocenters. The van der Waals surface area contributed by atoms with E-state index in [1.54, 1.807) is 6.07 Å². The molecule has 0 atom stereocenters. The van der Waals surface area contributed by atoms with E-state index in [4.69, 9.17) is 16.3 Å². The lowest BCUT2D eigenvalue weighted by atomic mass is 10.1. The van der Waals surface area contributed by atoms with Gasteiger partial charge in [0.05, 0.1) is 11.3 Å². The molecule has 0 aliphatic rings. The molecule has 1 N–H and O–H groups in total. The number of amides is 1. The zero-order valence-corrected chi connectivity index (χ0v) is 13.5. The van der Waals surface area contributed by atoms with Crippen LogP contribution in [-0.2, 0) is 20.7 Å². The van der Waals surface area contributed by atoms with Gasteiger partial charge in [-0.3, -0.25) is 19.7 Å². The lowest BCUT2D eigenvalue weighted by molar-refractivity contribution is -0.383. The van der Waals surface area contributed by atoms with E-state index < -0.39 is 29.2 Å². The summed E-state index contributed by atoms with van der Waals surface area (Å²) in [7, 11) is 0. The van der Waals surface area contributed by atoms with Gasteiger partial charge in [-0.25, -0.2) is 4.39 Å². The van der Waals surface area contributed by atoms with E-state index in [0.717, 1.165) is 6.07 Å². The van der Waals surface area contributed by atoms with Crippen molar-refractivity contribution < 1.29 is 23.6 Å². The van der Waals surface area contributed by atoms with Gasteiger partial charge in [-0.1, -0.05) is 23.7 Å². The van der Waals surface area contributed by atoms with Crippen molar-refractivity contribution in [2.75, 3.05) is 11.9 Å². The van der Waals surface area contributed by atoms with Gasteiger partial charge in [0.25, 0.3) is 11.6 Å². The number of hydrogen-bond acceptors (Lipinski definition) is 5. The van der Waals surface area contributed by atoms with Crippen LogP contribution >= 0.6 is 11.6 Å². The molecule has 0 radical (unpaired) electrons. The summed E-state index contributed by atoms with van der Waals surface area (Å²) >= 11 is 5.68. The summed E-state index contributed by atoms with van der Waals surface area (Å²) in [5, 5.41) is 13.3. The van der Waals surface area contributed by atoms with Gasteiger partial charge in [0.15, 0.2) is 6.61 Å². The van der Waals surface area contributed by atoms with Crippen LogP contribution in [0.5, 0.6) is 0 Å². The van der Waals surface area contributed by atoms with Crippen LogP contribution < -0.4 is 5.32 Å². The SMILES string of the molecule is O=C(COC(=O)Cc1cccc(F)c1)Nc1ccc(Cl)cc1[N+](=O)[O-]. The molecule has 2 aromatic carbocycles. The summed E-state index contributed by atoms with van der Waals surface area (Å²) < 4.78 is 17.8. The van der Waals surface area contributed by atoms with Crippen molar-refractivity contribution in [2.24, 2.45) is 0 Å². The number of nitro benzene ring substituents is 1. The Labute approximate surface area is 146 Å². The fourth-order valence-electron chi connectivity index (χ4n) is 1.96. The summed E-state index contributed by atoms with van der Waals surface area (Å²) in [4.78, 5) is 33.7. The Bertz CT molecular complexity index is 828. The van der Waals surface area contributed by atoms with Gasteiger partial charge in [0, 0.05) is 11.1 Å². The van der Waals surface area contributed by atoms with Gasteiger partial charge >= 0.3 is 5.97 Å². The number of nitrogens with one attached hydrogen (secondary N) is 1. The maximum absolute atomic E-state index is 13.0. The molecule has 1 amide bonds. The normalized spacial score (nSPS) is 10.2. The molecular formula is C16H12ClFN2O5. The van der Waals surface area contributed by atoms with Crippen LogP contribution in [0.1, 0.15) is 5.56 Å². The number of halogens is 2. The molecule has 0 aromatic heterocycles. The molecule has 0 saturated carbocycles. The van der Waals surface area contributed by atoms with Crippen LogP contribution in [0.4, 0.5) is 15.8 Å². The number of rotatable bonds is 6. The standard InChI is InChI=1S/C16H12ClFN2O5/c17-11-4-5-13(14(8-11)20(23)24)19-15(21)9-25-16(22)7-10-2-1-3-12(18)6-10/h1-6,8H,7,9H2,(H,19,21). The predicted octanol–water partition coefficient (Wildman–Crippen LogP) is 3.11. The summed E-state index contributed by atoms with van der Waals surface area (Å²) in [5.74, 6) is -1.97. The maximum atomic E-state index is 13.0. The van der Waals surface area contributed by atoms with Gasteiger partial charge < -0.3 is 10.1 Å². The first kappa shape index (κ1) is 18.3. The van der Waals surface area contributed by atoms with Crippen LogP contribution in [0.25, 0.3) is 0 Å². The number of ether oxygens (including phenoxy) is 1. The Balaban J connectivity index is 1.90. The highest BCUT2D eigenvalue weighted by molar-refractivity contribution is 6.31. The predicted molar refractivity (Wildman–Crippen MR) is 87.8 cm³/mol. The smallest absolute Gasteiger partial charge is 0.310 e. The first-order valence-electron chi connectivity index (χ1n) is 6.99. The molecule has 130 valence electrons. The number of benzene rings is 2. The average Bonchev–Trinajstić information content (AvgIpc) is 2.54. The Morgan fingerprint density at radius 3 is 2.68 bits per heavy atom. The highest BCUT2D eigenvalue weighted by atomic mass is 35.5. The van der Waals surface area contributed by atoms with Gasteiger partial charge in [-0.15, -0.1) is 0 Å². The second-order valence-corrected chi connectivity index (χ2v) is 5.37. The molecule has 0 fully saturated rings. The Kier molecular flexibility index (Phi) is 6.02. The zero-order chi connectivity index (χ0) is 18.4. The fourth-order valence-corrected chi connectivity index (χ4v) is 2.12. The molecular weight excluding hydrogens is 355 g/mol. The quantitative estimate of drug-likeness (QED) is 0.481. The van der Waals surface area contributed by atoms with Gasteiger partial charge in [-0.2, -0.15) is 0 Å². The number of nitro groups is 1. The van der Waals surface area contributed by atoms with Crippen LogP contribution in [-0.4, -0.2) is 23.4 Å². The van der Waals surface area contributed by atoms with Gasteiger partial charge in [0.1, 0.15) is 11.5 Å². The van der Waals surface area contributed by atoms with Crippen LogP contribution in [0, 0.1) is 15.9 Å². The third kappa shape index (κ3) is 5.54. The lowest BCUT2D eigenvalue weighted by Crippen LogP contribution is -2.22. The topological polar surface area (TPSA) is 98.5 Å². The number of hydrogen-bond donors (Lipinski definition) is 1. The van der Waals surface area contributed by atoms with E-state index >= 15 is 0 Å². The van der Waals surface area contributed by atoms with Crippen molar-refractivity contribution in [2.45, 2.75) is 6.42 Å². The monoisotopic (exact) mass is 366 g/mol. The molecule has 2 rings (SSSR count). The Morgan fingerprint density at radius 2 is 2.00 bits per heavy atom. The summed E-state index contributed by atoms with van der Waals surface area (Å²) in [6, 6.07) is 9.14. The lowest BCUT2D eigenvalue weighted by Gasteiger charge is -2.07. The van der Waals surface area contributed by atoms with E-state index in [9.17, 15) is 24.1 Å². The molecule has 7 nitrogen and oxygen atoms in total. The summed E-state index contributed by atoms with van der Waals surface area (Å²) in [5.41, 5.74) is -0.0498. The molecule has 0 saturated heterocycles. The van der Waals surface area contributed by atoms with Crippen molar-refractivity contribution in [3.8, 4) is 0 Å². The number of anilines is 1. The van der Waals surface area contributed by atoms with Crippen molar-refractivity contribution in [1.82, 2.24) is 0 Å². The minimum absolute atomic E-state index is 0.0689. The number of carbonyl (C=O) groups is 2. The molecule has 0 aliphatic carbocycles. The van der Waals surface area contributed by atoms with Crippen molar-refractivity contribution in [1.29, 1.82) is 0 Å². The van der Waals surface area contributed by atoms with E-state index in [1.807, 2.05) is 0 Å². The minimum Gasteiger partial charge on any atom is -0.455 e. The first-order valence-corrected chi connectivity index (χ1v) is 7.37. The first-order chi connectivity index (χ1) is 11.8. The Hall–Kier alpha value is -3.00. The summed E-state index contributed by atoms with van der Waals surface area (Å²) in [6.07, 6.45) is -0.202. The molecule has 0 heterocycles. The van der Waals surface area contributed by atoms with E-state index in [0.29, 0.717) is 5.56 Å². The highest BCUT2D eigenvalue weighted by Gasteiger charge is 2.17. The highest BCUT2D eigenvalue weighted by Crippen LogP contribution is 2.27.